The third kappa shape index (κ3) is 1.46. The SMILES string of the molecule is CC1(C)OC[C@@H]([C@@H]2c3ccccc3-c3cncn32)[C@H]1O. The number of aromatic nitrogens is 2. The molecule has 104 valence electrons. The highest BCUT2D eigenvalue weighted by Crippen LogP contribution is 2.47. The largest absolute Gasteiger partial charge is 0.390 e. The van der Waals surface area contributed by atoms with Gasteiger partial charge in [0.2, 0.25) is 0 Å². The van der Waals surface area contributed by atoms with Crippen LogP contribution in [0.5, 0.6) is 0 Å². The molecule has 2 aromatic rings. The van der Waals surface area contributed by atoms with E-state index in [0.717, 1.165) is 5.69 Å². The first-order valence-electron chi connectivity index (χ1n) is 7.03. The van der Waals surface area contributed by atoms with E-state index in [9.17, 15) is 5.11 Å². The molecule has 2 aliphatic rings. The number of imidazole rings is 1. The Morgan fingerprint density at radius 1 is 1.35 bits per heavy atom. The minimum Gasteiger partial charge on any atom is -0.390 e. The van der Waals surface area contributed by atoms with Gasteiger partial charge in [-0.2, -0.15) is 0 Å². The molecule has 4 rings (SSSR count). The standard InChI is InChI=1S/C16H18N2O2/c1-16(2)15(19)12(8-20-16)14-11-6-4-3-5-10(11)13-7-17-9-18(13)14/h3-7,9,12,14-15,19H,8H2,1-2H3/t12-,14-,15+/m0/s1. The van der Waals surface area contributed by atoms with Crippen LogP contribution in [0, 0.1) is 5.92 Å². The van der Waals surface area contributed by atoms with Crippen LogP contribution in [0.2, 0.25) is 0 Å². The van der Waals surface area contributed by atoms with Crippen molar-refractivity contribution in [1.29, 1.82) is 0 Å². The van der Waals surface area contributed by atoms with Gasteiger partial charge in [0.25, 0.3) is 0 Å². The second kappa shape index (κ2) is 3.93. The number of hydrogen-bond donors (Lipinski definition) is 1. The summed E-state index contributed by atoms with van der Waals surface area (Å²) in [6.07, 6.45) is 3.28. The Kier molecular flexibility index (Phi) is 2.38. The van der Waals surface area contributed by atoms with Crippen LogP contribution in [0.15, 0.2) is 36.8 Å². The molecule has 0 saturated carbocycles. The predicted octanol–water partition coefficient (Wildman–Crippen LogP) is 2.24. The maximum Gasteiger partial charge on any atom is 0.0956 e. The summed E-state index contributed by atoms with van der Waals surface area (Å²) < 4.78 is 7.97. The zero-order valence-corrected chi connectivity index (χ0v) is 11.7. The molecule has 4 nitrogen and oxygen atoms in total. The molecule has 1 aromatic heterocycles. The number of fused-ring (bicyclic) bond motifs is 3. The summed E-state index contributed by atoms with van der Waals surface area (Å²) in [5.41, 5.74) is 3.12. The summed E-state index contributed by atoms with van der Waals surface area (Å²) in [5.74, 6) is 0.0570. The molecule has 1 saturated heterocycles. The molecule has 0 aliphatic carbocycles. The monoisotopic (exact) mass is 270 g/mol. The van der Waals surface area contributed by atoms with Gasteiger partial charge in [0.15, 0.2) is 0 Å². The van der Waals surface area contributed by atoms with E-state index in [1.54, 1.807) is 0 Å². The molecule has 1 aromatic carbocycles. The minimum absolute atomic E-state index is 0.0570. The highest BCUT2D eigenvalue weighted by atomic mass is 16.5. The zero-order valence-electron chi connectivity index (χ0n) is 11.7. The molecule has 3 atom stereocenters. The molecule has 0 bridgehead atoms. The van der Waals surface area contributed by atoms with E-state index >= 15 is 0 Å². The van der Waals surface area contributed by atoms with Crippen LogP contribution in [0.1, 0.15) is 25.5 Å². The van der Waals surface area contributed by atoms with Crippen LogP contribution in [-0.4, -0.2) is 33.0 Å². The molecule has 0 spiro atoms. The Balaban J connectivity index is 1.84. The number of benzene rings is 1. The summed E-state index contributed by atoms with van der Waals surface area (Å²) in [6.45, 7) is 4.48. The van der Waals surface area contributed by atoms with Crippen LogP contribution < -0.4 is 0 Å². The average Bonchev–Trinajstić information content (AvgIpc) is 3.07. The van der Waals surface area contributed by atoms with E-state index in [1.165, 1.54) is 11.1 Å². The van der Waals surface area contributed by atoms with Crippen molar-refractivity contribution in [3.8, 4) is 11.3 Å². The van der Waals surface area contributed by atoms with Crippen molar-refractivity contribution in [1.82, 2.24) is 9.55 Å². The fraction of sp³-hybridized carbons (Fsp3) is 0.438. The molecule has 0 radical (unpaired) electrons. The van der Waals surface area contributed by atoms with Crippen LogP contribution in [0.4, 0.5) is 0 Å². The van der Waals surface area contributed by atoms with E-state index in [0.29, 0.717) is 6.61 Å². The number of nitrogens with zero attached hydrogens (tertiary/aromatic N) is 2. The second-order valence-corrected chi connectivity index (χ2v) is 6.24. The van der Waals surface area contributed by atoms with E-state index in [1.807, 2.05) is 32.4 Å². The molecular weight excluding hydrogens is 252 g/mol. The van der Waals surface area contributed by atoms with Gasteiger partial charge in [-0.1, -0.05) is 24.3 Å². The molecule has 1 fully saturated rings. The lowest BCUT2D eigenvalue weighted by atomic mass is 9.85. The Bertz CT molecular complexity index is 662. The number of aliphatic hydroxyl groups is 1. The Labute approximate surface area is 118 Å². The summed E-state index contributed by atoms with van der Waals surface area (Å²) >= 11 is 0. The lowest BCUT2D eigenvalue weighted by molar-refractivity contribution is -0.0321. The van der Waals surface area contributed by atoms with Crippen molar-refractivity contribution in [2.24, 2.45) is 5.92 Å². The van der Waals surface area contributed by atoms with Gasteiger partial charge in [0, 0.05) is 11.5 Å². The zero-order chi connectivity index (χ0) is 13.9. The average molecular weight is 270 g/mol. The molecule has 0 unspecified atom stereocenters. The van der Waals surface area contributed by atoms with Crippen molar-refractivity contribution in [3.05, 3.63) is 42.4 Å². The molecule has 4 heteroatoms. The fourth-order valence-corrected chi connectivity index (χ4v) is 3.58. The maximum absolute atomic E-state index is 10.6. The molecule has 3 heterocycles. The Morgan fingerprint density at radius 2 is 2.15 bits per heavy atom. The van der Waals surface area contributed by atoms with E-state index in [-0.39, 0.29) is 12.0 Å². The first-order chi connectivity index (χ1) is 9.59. The highest BCUT2D eigenvalue weighted by Gasteiger charge is 2.48. The fourth-order valence-electron chi connectivity index (χ4n) is 3.58. The van der Waals surface area contributed by atoms with Crippen molar-refractivity contribution in [2.75, 3.05) is 6.61 Å². The smallest absolute Gasteiger partial charge is 0.0956 e. The van der Waals surface area contributed by atoms with Crippen molar-refractivity contribution >= 4 is 0 Å². The van der Waals surface area contributed by atoms with Crippen LogP contribution in [0.3, 0.4) is 0 Å². The van der Waals surface area contributed by atoms with Gasteiger partial charge in [-0.15, -0.1) is 0 Å². The van der Waals surface area contributed by atoms with Crippen LogP contribution in [0.25, 0.3) is 11.3 Å². The molecule has 0 amide bonds. The van der Waals surface area contributed by atoms with Crippen molar-refractivity contribution in [3.63, 3.8) is 0 Å². The summed E-state index contributed by atoms with van der Waals surface area (Å²) in [6, 6.07) is 8.48. The van der Waals surface area contributed by atoms with E-state index in [2.05, 4.69) is 27.8 Å². The number of ether oxygens (including phenoxy) is 1. The molecular formula is C16H18N2O2. The van der Waals surface area contributed by atoms with Gasteiger partial charge in [-0.3, -0.25) is 0 Å². The molecule has 1 N–H and O–H groups in total. The maximum atomic E-state index is 10.6. The number of aliphatic hydroxyl groups excluding tert-OH is 1. The number of rotatable bonds is 1. The van der Waals surface area contributed by atoms with E-state index < -0.39 is 11.7 Å². The minimum atomic E-state index is -0.483. The van der Waals surface area contributed by atoms with Gasteiger partial charge in [-0.05, 0) is 19.4 Å². The summed E-state index contributed by atoms with van der Waals surface area (Å²) in [4.78, 5) is 4.27. The first kappa shape index (κ1) is 12.1. The Hall–Kier alpha value is -1.65. The summed E-state index contributed by atoms with van der Waals surface area (Å²) in [7, 11) is 0. The van der Waals surface area contributed by atoms with Crippen molar-refractivity contribution in [2.45, 2.75) is 31.6 Å². The third-order valence-corrected chi connectivity index (χ3v) is 4.69. The van der Waals surface area contributed by atoms with Gasteiger partial charge in [0.05, 0.1) is 42.6 Å². The molecule has 2 aliphatic heterocycles. The second-order valence-electron chi connectivity index (χ2n) is 6.24. The van der Waals surface area contributed by atoms with Gasteiger partial charge in [0.1, 0.15) is 0 Å². The van der Waals surface area contributed by atoms with E-state index in [4.69, 9.17) is 4.74 Å². The predicted molar refractivity (Wildman–Crippen MR) is 75.3 cm³/mol. The van der Waals surface area contributed by atoms with Gasteiger partial charge >= 0.3 is 0 Å². The van der Waals surface area contributed by atoms with Crippen LogP contribution >= 0.6 is 0 Å². The molecule has 20 heavy (non-hydrogen) atoms. The first-order valence-corrected chi connectivity index (χ1v) is 7.03. The quantitative estimate of drug-likeness (QED) is 0.864. The normalized spacial score (nSPS) is 30.2. The van der Waals surface area contributed by atoms with Gasteiger partial charge < -0.3 is 14.4 Å². The lowest BCUT2D eigenvalue weighted by Gasteiger charge is -2.28. The third-order valence-electron chi connectivity index (χ3n) is 4.69. The highest BCUT2D eigenvalue weighted by molar-refractivity contribution is 5.69. The van der Waals surface area contributed by atoms with Crippen molar-refractivity contribution < 1.29 is 9.84 Å². The van der Waals surface area contributed by atoms with Crippen LogP contribution in [-0.2, 0) is 4.74 Å². The number of hydrogen-bond acceptors (Lipinski definition) is 3. The lowest BCUT2D eigenvalue weighted by Crippen LogP contribution is -2.38. The van der Waals surface area contributed by atoms with Gasteiger partial charge in [-0.25, -0.2) is 4.98 Å². The Morgan fingerprint density at radius 3 is 2.90 bits per heavy atom. The topological polar surface area (TPSA) is 47.3 Å². The summed E-state index contributed by atoms with van der Waals surface area (Å²) in [5, 5.41) is 10.6.